The maximum absolute atomic E-state index is 12.6. The molecule has 6 nitrogen and oxygen atoms in total. The summed E-state index contributed by atoms with van der Waals surface area (Å²) in [6.45, 7) is 2.36. The molecule has 2 aromatic carbocycles. The number of nitrogens with one attached hydrogen (secondary N) is 1. The number of aryl methyl sites for hydroxylation is 1. The van der Waals surface area contributed by atoms with Gasteiger partial charge in [-0.3, -0.25) is 14.4 Å². The third-order valence-corrected chi connectivity index (χ3v) is 4.97. The van der Waals surface area contributed by atoms with E-state index in [1.807, 2.05) is 31.2 Å². The highest BCUT2D eigenvalue weighted by molar-refractivity contribution is 6.34. The lowest BCUT2D eigenvalue weighted by atomic mass is 10.1. The van der Waals surface area contributed by atoms with E-state index >= 15 is 0 Å². The highest BCUT2D eigenvalue weighted by atomic mass is 35.5. The van der Waals surface area contributed by atoms with Crippen molar-refractivity contribution in [1.29, 1.82) is 0 Å². The number of carbonyl (C=O) groups excluding carboxylic acids is 3. The predicted molar refractivity (Wildman–Crippen MR) is 105 cm³/mol. The van der Waals surface area contributed by atoms with E-state index < -0.39 is 11.8 Å². The van der Waals surface area contributed by atoms with Crippen LogP contribution in [0.4, 0.5) is 11.4 Å². The van der Waals surface area contributed by atoms with Crippen LogP contribution in [0.15, 0.2) is 42.5 Å². The summed E-state index contributed by atoms with van der Waals surface area (Å²) in [7, 11) is 0. The Kier molecular flexibility index (Phi) is 5.46. The molecule has 0 radical (unpaired) electrons. The fourth-order valence-electron chi connectivity index (χ4n) is 3.23. The van der Waals surface area contributed by atoms with Gasteiger partial charge < -0.3 is 16.0 Å². The molecule has 1 heterocycles. The SMILES string of the molecule is CCc1ccccc1N1CC(C(=O)Nc2ccc(C(N)=O)c(Cl)c2)CC1=O. The van der Waals surface area contributed by atoms with Crippen molar-refractivity contribution >= 4 is 40.7 Å². The highest BCUT2D eigenvalue weighted by Gasteiger charge is 2.35. The number of nitrogens with zero attached hydrogens (tertiary/aromatic N) is 1. The normalized spacial score (nSPS) is 16.4. The summed E-state index contributed by atoms with van der Waals surface area (Å²) in [5.41, 5.74) is 7.79. The summed E-state index contributed by atoms with van der Waals surface area (Å²) in [5.74, 6) is -1.43. The molecule has 0 saturated carbocycles. The monoisotopic (exact) mass is 385 g/mol. The topological polar surface area (TPSA) is 92.5 Å². The first-order chi connectivity index (χ1) is 12.9. The van der Waals surface area contributed by atoms with Gasteiger partial charge in [-0.05, 0) is 36.2 Å². The maximum atomic E-state index is 12.6. The Balaban J connectivity index is 1.73. The Labute approximate surface area is 162 Å². The smallest absolute Gasteiger partial charge is 0.250 e. The van der Waals surface area contributed by atoms with Crippen molar-refractivity contribution in [2.45, 2.75) is 19.8 Å². The Morgan fingerprint density at radius 2 is 2.00 bits per heavy atom. The van der Waals surface area contributed by atoms with Crippen LogP contribution in [0.25, 0.3) is 0 Å². The molecule has 1 saturated heterocycles. The minimum absolute atomic E-state index is 0.0711. The van der Waals surface area contributed by atoms with E-state index in [0.29, 0.717) is 12.2 Å². The third-order valence-electron chi connectivity index (χ3n) is 4.66. The quantitative estimate of drug-likeness (QED) is 0.828. The van der Waals surface area contributed by atoms with Crippen molar-refractivity contribution in [3.05, 3.63) is 58.6 Å². The second-order valence-corrected chi connectivity index (χ2v) is 6.84. The van der Waals surface area contributed by atoms with Crippen molar-refractivity contribution in [3.63, 3.8) is 0 Å². The second kappa shape index (κ2) is 7.80. The van der Waals surface area contributed by atoms with Crippen LogP contribution in [0.1, 0.15) is 29.3 Å². The first kappa shape index (κ1) is 18.9. The molecule has 27 heavy (non-hydrogen) atoms. The molecule has 140 valence electrons. The van der Waals surface area contributed by atoms with Gasteiger partial charge in [0, 0.05) is 24.3 Å². The number of nitrogens with two attached hydrogens (primary N) is 1. The van der Waals surface area contributed by atoms with E-state index in [1.165, 1.54) is 12.1 Å². The predicted octanol–water partition coefficient (Wildman–Crippen LogP) is 2.99. The molecule has 2 aromatic rings. The fraction of sp³-hybridized carbons (Fsp3) is 0.250. The lowest BCUT2D eigenvalue weighted by Gasteiger charge is -2.20. The van der Waals surface area contributed by atoms with Gasteiger partial charge >= 0.3 is 0 Å². The zero-order chi connectivity index (χ0) is 19.6. The van der Waals surface area contributed by atoms with Crippen LogP contribution in [0.2, 0.25) is 5.02 Å². The largest absolute Gasteiger partial charge is 0.366 e. The van der Waals surface area contributed by atoms with Gasteiger partial charge in [0.2, 0.25) is 17.7 Å². The number of hydrogen-bond acceptors (Lipinski definition) is 3. The van der Waals surface area contributed by atoms with Crippen molar-refractivity contribution in [1.82, 2.24) is 0 Å². The number of amides is 3. The summed E-state index contributed by atoms with van der Waals surface area (Å²) in [5, 5.41) is 2.93. The Morgan fingerprint density at radius 3 is 2.67 bits per heavy atom. The standard InChI is InChI=1S/C20H20ClN3O3/c1-2-12-5-3-4-6-17(12)24-11-13(9-18(24)25)20(27)23-14-7-8-15(19(22)26)16(21)10-14/h3-8,10,13H,2,9,11H2,1H3,(H2,22,26)(H,23,27). The van der Waals surface area contributed by atoms with Crippen molar-refractivity contribution < 1.29 is 14.4 Å². The minimum Gasteiger partial charge on any atom is -0.366 e. The van der Waals surface area contributed by atoms with Crippen LogP contribution in [0.3, 0.4) is 0 Å². The lowest BCUT2D eigenvalue weighted by molar-refractivity contribution is -0.122. The van der Waals surface area contributed by atoms with Crippen molar-refractivity contribution in [2.75, 3.05) is 16.8 Å². The molecular formula is C20H20ClN3O3. The van der Waals surface area contributed by atoms with Gasteiger partial charge in [0.05, 0.1) is 16.5 Å². The van der Waals surface area contributed by atoms with Gasteiger partial charge in [-0.15, -0.1) is 0 Å². The number of carbonyl (C=O) groups is 3. The summed E-state index contributed by atoms with van der Waals surface area (Å²) in [6, 6.07) is 12.2. The molecule has 1 aliphatic rings. The molecule has 0 bridgehead atoms. The Hall–Kier alpha value is -2.86. The van der Waals surface area contributed by atoms with Crippen LogP contribution < -0.4 is 16.0 Å². The molecule has 3 N–H and O–H groups in total. The van der Waals surface area contributed by atoms with Gasteiger partial charge in [0.15, 0.2) is 0 Å². The highest BCUT2D eigenvalue weighted by Crippen LogP contribution is 2.29. The van der Waals surface area contributed by atoms with Gasteiger partial charge in [-0.25, -0.2) is 0 Å². The number of benzene rings is 2. The van der Waals surface area contributed by atoms with E-state index in [2.05, 4.69) is 5.32 Å². The first-order valence-electron chi connectivity index (χ1n) is 8.69. The van der Waals surface area contributed by atoms with Crippen LogP contribution in [0, 0.1) is 5.92 Å². The van der Waals surface area contributed by atoms with Crippen LogP contribution in [-0.2, 0) is 16.0 Å². The molecule has 7 heteroatoms. The van der Waals surface area contributed by atoms with E-state index in [-0.39, 0.29) is 28.8 Å². The molecule has 1 unspecified atom stereocenters. The van der Waals surface area contributed by atoms with E-state index in [0.717, 1.165) is 17.7 Å². The Bertz CT molecular complexity index is 913. The average molecular weight is 386 g/mol. The second-order valence-electron chi connectivity index (χ2n) is 6.44. The molecular weight excluding hydrogens is 366 g/mol. The van der Waals surface area contributed by atoms with Crippen LogP contribution in [-0.4, -0.2) is 24.3 Å². The number of halogens is 1. The summed E-state index contributed by atoms with van der Waals surface area (Å²) in [6.07, 6.45) is 0.957. The molecule has 0 aromatic heterocycles. The van der Waals surface area contributed by atoms with Crippen LogP contribution >= 0.6 is 11.6 Å². The molecule has 0 spiro atoms. The number of rotatable bonds is 5. The van der Waals surface area contributed by atoms with Gasteiger partial charge in [-0.1, -0.05) is 36.7 Å². The molecule has 3 amide bonds. The Morgan fingerprint density at radius 1 is 1.26 bits per heavy atom. The van der Waals surface area contributed by atoms with E-state index in [9.17, 15) is 14.4 Å². The minimum atomic E-state index is -0.635. The average Bonchev–Trinajstić information content (AvgIpc) is 3.03. The zero-order valence-corrected chi connectivity index (χ0v) is 15.6. The molecule has 3 rings (SSSR count). The molecule has 0 aliphatic carbocycles. The number of primary amides is 1. The molecule has 1 aliphatic heterocycles. The van der Waals surface area contributed by atoms with Crippen LogP contribution in [0.5, 0.6) is 0 Å². The zero-order valence-electron chi connectivity index (χ0n) is 14.9. The molecule has 1 fully saturated rings. The van der Waals surface area contributed by atoms with Gasteiger partial charge in [0.25, 0.3) is 0 Å². The number of para-hydroxylation sites is 1. The molecule has 1 atom stereocenters. The van der Waals surface area contributed by atoms with E-state index in [4.69, 9.17) is 17.3 Å². The van der Waals surface area contributed by atoms with Crippen molar-refractivity contribution in [2.24, 2.45) is 11.7 Å². The van der Waals surface area contributed by atoms with Gasteiger partial charge in [0.1, 0.15) is 0 Å². The fourth-order valence-corrected chi connectivity index (χ4v) is 3.50. The van der Waals surface area contributed by atoms with Crippen molar-refractivity contribution in [3.8, 4) is 0 Å². The summed E-state index contributed by atoms with van der Waals surface area (Å²) >= 11 is 6.01. The van der Waals surface area contributed by atoms with Gasteiger partial charge in [-0.2, -0.15) is 0 Å². The number of anilines is 2. The third kappa shape index (κ3) is 3.95. The van der Waals surface area contributed by atoms with E-state index in [1.54, 1.807) is 11.0 Å². The first-order valence-corrected chi connectivity index (χ1v) is 9.07. The number of hydrogen-bond donors (Lipinski definition) is 2. The summed E-state index contributed by atoms with van der Waals surface area (Å²) in [4.78, 5) is 38.0. The lowest BCUT2D eigenvalue weighted by Crippen LogP contribution is -2.28. The maximum Gasteiger partial charge on any atom is 0.250 e. The summed E-state index contributed by atoms with van der Waals surface area (Å²) < 4.78 is 0.